The molecule has 0 unspecified atom stereocenters. The van der Waals surface area contributed by atoms with Crippen LogP contribution in [0.15, 0.2) is 48.5 Å². The molecule has 6 heteroatoms. The van der Waals surface area contributed by atoms with Crippen LogP contribution in [0.5, 0.6) is 11.5 Å². The Morgan fingerprint density at radius 1 is 0.625 bits per heavy atom. The number of carbonyl (C=O) groups is 2. The average molecular weight is 344 g/mol. The van der Waals surface area contributed by atoms with Crippen molar-refractivity contribution in [3.63, 3.8) is 0 Å². The predicted molar refractivity (Wildman–Crippen MR) is 90.0 cm³/mol. The summed E-state index contributed by atoms with van der Waals surface area (Å²) in [6.45, 7) is 0. The SMILES string of the molecule is O=C1c2ccccc2C(=O)c2c1c(O[Si])c1ccccc1c2O[Si]. The Labute approximate surface area is 144 Å². The Morgan fingerprint density at radius 3 is 1.38 bits per heavy atom. The van der Waals surface area contributed by atoms with E-state index >= 15 is 0 Å². The first-order valence-electron chi connectivity index (χ1n) is 7.13. The van der Waals surface area contributed by atoms with Crippen LogP contribution < -0.4 is 8.85 Å². The van der Waals surface area contributed by atoms with Gasteiger partial charge in [-0.25, -0.2) is 0 Å². The fourth-order valence-corrected chi connectivity index (χ4v) is 3.59. The number of hydrogen-bond acceptors (Lipinski definition) is 4. The maximum absolute atomic E-state index is 13.0. The van der Waals surface area contributed by atoms with Gasteiger partial charge in [0.2, 0.25) is 0 Å². The molecule has 4 nitrogen and oxygen atoms in total. The van der Waals surface area contributed by atoms with E-state index in [9.17, 15) is 9.59 Å². The summed E-state index contributed by atoms with van der Waals surface area (Å²) in [5, 5.41) is 1.33. The summed E-state index contributed by atoms with van der Waals surface area (Å²) in [5.74, 6) is 0.0588. The molecule has 0 aliphatic heterocycles. The molecule has 3 aromatic rings. The van der Waals surface area contributed by atoms with Crippen LogP contribution in [0.3, 0.4) is 0 Å². The summed E-state index contributed by atoms with van der Waals surface area (Å²) >= 11 is 0. The molecule has 0 saturated heterocycles. The standard InChI is InChI=1S/C18H8O4Si2/c19-15-9-5-1-2-6-10(9)16(20)14-13(15)17(21-23)11-7-3-4-8-12(11)18(14)22-24/h1-8H. The van der Waals surface area contributed by atoms with Gasteiger partial charge in [0.25, 0.3) is 0 Å². The Balaban J connectivity index is 2.21. The van der Waals surface area contributed by atoms with E-state index in [1.165, 1.54) is 0 Å². The Morgan fingerprint density at radius 2 is 1.00 bits per heavy atom. The fraction of sp³-hybridized carbons (Fsp3) is 0. The largest absolute Gasteiger partial charge is 0.540 e. The van der Waals surface area contributed by atoms with Gasteiger partial charge in [0.1, 0.15) is 11.5 Å². The number of benzene rings is 3. The predicted octanol–water partition coefficient (Wildman–Crippen LogP) is 2.54. The van der Waals surface area contributed by atoms with Crippen molar-refractivity contribution in [1.29, 1.82) is 0 Å². The molecule has 4 rings (SSSR count). The number of carbonyl (C=O) groups excluding carboxylic acids is 2. The molecule has 3 aromatic carbocycles. The van der Waals surface area contributed by atoms with Gasteiger partial charge in [0, 0.05) is 21.9 Å². The molecule has 0 N–H and O–H groups in total. The normalized spacial score (nSPS) is 12.8. The lowest BCUT2D eigenvalue weighted by atomic mass is 9.81. The minimum atomic E-state index is -0.274. The van der Waals surface area contributed by atoms with E-state index in [2.05, 4.69) is 21.0 Å². The maximum Gasteiger partial charge on any atom is 0.341 e. The first-order valence-corrected chi connectivity index (χ1v) is 7.95. The van der Waals surface area contributed by atoms with Gasteiger partial charge < -0.3 is 8.85 Å². The molecule has 1 aliphatic carbocycles. The highest BCUT2D eigenvalue weighted by Crippen LogP contribution is 2.44. The second-order valence-electron chi connectivity index (χ2n) is 5.36. The van der Waals surface area contributed by atoms with Crippen molar-refractivity contribution in [2.45, 2.75) is 0 Å². The van der Waals surface area contributed by atoms with Gasteiger partial charge in [-0.2, -0.15) is 0 Å². The van der Waals surface area contributed by atoms with Crippen LogP contribution in [0.2, 0.25) is 0 Å². The lowest BCUT2D eigenvalue weighted by Crippen LogP contribution is -2.23. The van der Waals surface area contributed by atoms with Gasteiger partial charge in [-0.05, 0) is 0 Å². The first-order chi connectivity index (χ1) is 11.7. The quantitative estimate of drug-likeness (QED) is 0.525. The van der Waals surface area contributed by atoms with Crippen molar-refractivity contribution in [3.05, 3.63) is 70.8 Å². The zero-order valence-electron chi connectivity index (χ0n) is 12.3. The molecule has 0 fully saturated rings. The lowest BCUT2D eigenvalue weighted by Gasteiger charge is -2.24. The summed E-state index contributed by atoms with van der Waals surface area (Å²) in [6, 6.07) is 14.0. The molecule has 0 saturated carbocycles. The van der Waals surface area contributed by atoms with Gasteiger partial charge in [0.05, 0.1) is 11.1 Å². The number of fused-ring (bicyclic) bond motifs is 3. The van der Waals surface area contributed by atoms with Crippen molar-refractivity contribution < 1.29 is 18.4 Å². The second-order valence-corrected chi connectivity index (χ2v) is 5.77. The summed E-state index contributed by atoms with van der Waals surface area (Å²) in [7, 11) is 6.06. The van der Waals surface area contributed by atoms with Crippen LogP contribution in [-0.2, 0) is 0 Å². The summed E-state index contributed by atoms with van der Waals surface area (Å²) < 4.78 is 10.6. The van der Waals surface area contributed by atoms with E-state index in [-0.39, 0.29) is 22.7 Å². The molecular weight excluding hydrogens is 336 g/mol. The van der Waals surface area contributed by atoms with Crippen LogP contribution >= 0.6 is 0 Å². The Hall–Kier alpha value is -2.71. The van der Waals surface area contributed by atoms with E-state index in [1.54, 1.807) is 36.4 Å². The third kappa shape index (κ3) is 1.84. The van der Waals surface area contributed by atoms with Crippen LogP contribution in [0.25, 0.3) is 10.8 Å². The van der Waals surface area contributed by atoms with E-state index < -0.39 is 0 Å². The van der Waals surface area contributed by atoms with Gasteiger partial charge >= 0.3 is 21.0 Å². The average Bonchev–Trinajstić information content (AvgIpc) is 2.64. The van der Waals surface area contributed by atoms with E-state index in [0.29, 0.717) is 33.4 Å². The highest BCUT2D eigenvalue weighted by molar-refractivity contribution is 6.33. The second kappa shape index (κ2) is 5.43. The molecule has 0 bridgehead atoms. The van der Waals surface area contributed by atoms with Gasteiger partial charge in [0.15, 0.2) is 11.6 Å². The molecule has 0 atom stereocenters. The van der Waals surface area contributed by atoms with Crippen molar-refractivity contribution >= 4 is 43.3 Å². The minimum absolute atomic E-state index is 0.195. The minimum Gasteiger partial charge on any atom is -0.540 e. The van der Waals surface area contributed by atoms with Crippen molar-refractivity contribution in [2.75, 3.05) is 0 Å². The highest BCUT2D eigenvalue weighted by atomic mass is 28.2. The molecule has 0 heterocycles. The summed E-state index contributed by atoms with van der Waals surface area (Å²) in [4.78, 5) is 26.0. The molecule has 0 spiro atoms. The molecule has 0 amide bonds. The first kappa shape index (κ1) is 14.9. The van der Waals surface area contributed by atoms with Crippen molar-refractivity contribution in [2.24, 2.45) is 0 Å². The van der Waals surface area contributed by atoms with Crippen LogP contribution in [0.1, 0.15) is 31.8 Å². The summed E-state index contributed by atoms with van der Waals surface area (Å²) in [6.07, 6.45) is 0. The molecular formula is C18H8O4Si2. The van der Waals surface area contributed by atoms with E-state index in [4.69, 9.17) is 8.85 Å². The zero-order valence-corrected chi connectivity index (χ0v) is 14.3. The van der Waals surface area contributed by atoms with Crippen LogP contribution in [0, 0.1) is 0 Å². The fourth-order valence-electron chi connectivity index (χ4n) is 3.17. The number of ketones is 2. The van der Waals surface area contributed by atoms with E-state index in [0.717, 1.165) is 0 Å². The van der Waals surface area contributed by atoms with Gasteiger partial charge in [-0.15, -0.1) is 0 Å². The third-order valence-electron chi connectivity index (χ3n) is 4.20. The van der Waals surface area contributed by atoms with Gasteiger partial charge in [-0.3, -0.25) is 9.59 Å². The third-order valence-corrected chi connectivity index (χ3v) is 4.60. The maximum atomic E-state index is 13.0. The topological polar surface area (TPSA) is 52.6 Å². The van der Waals surface area contributed by atoms with Gasteiger partial charge in [-0.1, -0.05) is 48.5 Å². The van der Waals surface area contributed by atoms with E-state index in [1.807, 2.05) is 12.1 Å². The zero-order chi connectivity index (χ0) is 16.8. The smallest absolute Gasteiger partial charge is 0.341 e. The molecule has 1 aliphatic rings. The molecule has 0 aromatic heterocycles. The highest BCUT2D eigenvalue weighted by Gasteiger charge is 2.36. The monoisotopic (exact) mass is 344 g/mol. The lowest BCUT2D eigenvalue weighted by molar-refractivity contribution is 0.0976. The molecule has 6 radical (unpaired) electrons. The van der Waals surface area contributed by atoms with Crippen molar-refractivity contribution in [1.82, 2.24) is 0 Å². The molecule has 24 heavy (non-hydrogen) atoms. The number of hydrogen-bond donors (Lipinski definition) is 0. The van der Waals surface area contributed by atoms with Crippen molar-refractivity contribution in [3.8, 4) is 11.5 Å². The molecule has 112 valence electrons. The summed E-state index contributed by atoms with van der Waals surface area (Å²) in [5.41, 5.74) is 1.10. The Bertz CT molecular complexity index is 945. The van der Waals surface area contributed by atoms with Crippen LogP contribution in [-0.4, -0.2) is 32.5 Å². The Kier molecular flexibility index (Phi) is 3.36. The van der Waals surface area contributed by atoms with Crippen LogP contribution in [0.4, 0.5) is 0 Å². The number of rotatable bonds is 2.